The summed E-state index contributed by atoms with van der Waals surface area (Å²) >= 11 is 0. The SMILES string of the molecule is C[C@@H](N[C@H]1CCCC[C@@H]1Oc1ccc2c(c1)CN(C1CCC(=O)NC1=O)C2=O)c1ccccc1. The first-order valence-electron chi connectivity index (χ1n) is 12.2. The fourth-order valence-corrected chi connectivity index (χ4v) is 5.39. The molecule has 0 bridgehead atoms. The highest BCUT2D eigenvalue weighted by atomic mass is 16.5. The van der Waals surface area contributed by atoms with Gasteiger partial charge >= 0.3 is 0 Å². The predicted octanol–water partition coefficient (Wildman–Crippen LogP) is 3.49. The van der Waals surface area contributed by atoms with Crippen molar-refractivity contribution in [3.8, 4) is 5.75 Å². The summed E-state index contributed by atoms with van der Waals surface area (Å²) in [5, 5.41) is 6.11. The molecule has 2 aromatic carbocycles. The van der Waals surface area contributed by atoms with Crippen molar-refractivity contribution in [2.45, 2.75) is 76.2 Å². The van der Waals surface area contributed by atoms with Gasteiger partial charge in [-0.2, -0.15) is 0 Å². The summed E-state index contributed by atoms with van der Waals surface area (Å²) in [7, 11) is 0. The van der Waals surface area contributed by atoms with Gasteiger partial charge in [0.15, 0.2) is 0 Å². The molecular formula is C27H31N3O4. The second kappa shape index (κ2) is 9.58. The number of carbonyl (C=O) groups is 3. The Bertz CT molecular complexity index is 1090. The molecule has 1 saturated carbocycles. The zero-order chi connectivity index (χ0) is 23.7. The van der Waals surface area contributed by atoms with Gasteiger partial charge in [0.25, 0.3) is 5.91 Å². The molecule has 1 unspecified atom stereocenters. The van der Waals surface area contributed by atoms with Crippen LogP contribution in [-0.2, 0) is 16.1 Å². The number of imide groups is 1. The van der Waals surface area contributed by atoms with Gasteiger partial charge in [0.2, 0.25) is 11.8 Å². The first kappa shape index (κ1) is 22.6. The molecule has 2 aromatic rings. The van der Waals surface area contributed by atoms with Crippen LogP contribution in [0, 0.1) is 0 Å². The molecule has 2 fully saturated rings. The highest BCUT2D eigenvalue weighted by molar-refractivity contribution is 6.05. The maximum absolute atomic E-state index is 12.9. The summed E-state index contributed by atoms with van der Waals surface area (Å²) < 4.78 is 6.46. The molecule has 1 aliphatic carbocycles. The molecule has 7 nitrogen and oxygen atoms in total. The molecule has 4 atom stereocenters. The van der Waals surface area contributed by atoms with E-state index in [4.69, 9.17) is 4.74 Å². The molecule has 1 saturated heterocycles. The maximum atomic E-state index is 12.9. The number of ether oxygens (including phenoxy) is 1. The summed E-state index contributed by atoms with van der Waals surface area (Å²) in [6, 6.07) is 15.9. The van der Waals surface area contributed by atoms with Gasteiger partial charge in [0.05, 0.1) is 0 Å². The predicted molar refractivity (Wildman–Crippen MR) is 127 cm³/mol. The van der Waals surface area contributed by atoms with Crippen LogP contribution in [0.2, 0.25) is 0 Å². The molecular weight excluding hydrogens is 430 g/mol. The van der Waals surface area contributed by atoms with Crippen LogP contribution in [0.4, 0.5) is 0 Å². The van der Waals surface area contributed by atoms with Crippen LogP contribution < -0.4 is 15.4 Å². The lowest BCUT2D eigenvalue weighted by molar-refractivity contribution is -0.136. The van der Waals surface area contributed by atoms with Crippen LogP contribution in [0.1, 0.15) is 73.0 Å². The Kier molecular flexibility index (Phi) is 6.37. The lowest BCUT2D eigenvalue weighted by atomic mass is 9.91. The minimum absolute atomic E-state index is 0.0568. The Morgan fingerprint density at radius 1 is 1.03 bits per heavy atom. The average Bonchev–Trinajstić information content (AvgIpc) is 3.16. The van der Waals surface area contributed by atoms with Crippen LogP contribution in [0.5, 0.6) is 5.75 Å². The molecule has 2 heterocycles. The van der Waals surface area contributed by atoms with E-state index in [0.29, 0.717) is 18.5 Å². The van der Waals surface area contributed by atoms with Crippen molar-refractivity contribution in [3.63, 3.8) is 0 Å². The Labute approximate surface area is 199 Å². The van der Waals surface area contributed by atoms with Crippen LogP contribution in [-0.4, -0.2) is 40.8 Å². The topological polar surface area (TPSA) is 87.7 Å². The summed E-state index contributed by atoms with van der Waals surface area (Å²) in [4.78, 5) is 38.3. The summed E-state index contributed by atoms with van der Waals surface area (Å²) in [5.41, 5.74) is 2.73. The van der Waals surface area contributed by atoms with E-state index in [1.54, 1.807) is 11.0 Å². The van der Waals surface area contributed by atoms with E-state index in [2.05, 4.69) is 41.8 Å². The summed E-state index contributed by atoms with van der Waals surface area (Å²) in [6.45, 7) is 2.54. The van der Waals surface area contributed by atoms with Crippen LogP contribution >= 0.6 is 0 Å². The van der Waals surface area contributed by atoms with Crippen molar-refractivity contribution in [1.29, 1.82) is 0 Å². The average molecular weight is 462 g/mol. The van der Waals surface area contributed by atoms with E-state index < -0.39 is 11.9 Å². The lowest BCUT2D eigenvalue weighted by Gasteiger charge is -2.34. The van der Waals surface area contributed by atoms with E-state index in [9.17, 15) is 14.4 Å². The highest BCUT2D eigenvalue weighted by Crippen LogP contribution is 2.32. The summed E-state index contributed by atoms with van der Waals surface area (Å²) in [6.07, 6.45) is 5.03. The zero-order valence-corrected chi connectivity index (χ0v) is 19.5. The Morgan fingerprint density at radius 3 is 2.62 bits per heavy atom. The fourth-order valence-electron chi connectivity index (χ4n) is 5.39. The van der Waals surface area contributed by atoms with Crippen molar-refractivity contribution in [2.75, 3.05) is 0 Å². The van der Waals surface area contributed by atoms with Crippen molar-refractivity contribution >= 4 is 17.7 Å². The Balaban J connectivity index is 1.27. The second-order valence-electron chi connectivity index (χ2n) is 9.57. The van der Waals surface area contributed by atoms with Gasteiger partial charge in [-0.3, -0.25) is 19.7 Å². The smallest absolute Gasteiger partial charge is 0.255 e. The maximum Gasteiger partial charge on any atom is 0.255 e. The number of rotatable bonds is 6. The molecule has 178 valence electrons. The van der Waals surface area contributed by atoms with Gasteiger partial charge in [-0.15, -0.1) is 0 Å². The number of nitrogens with zero attached hydrogens (tertiary/aromatic N) is 1. The largest absolute Gasteiger partial charge is 0.489 e. The summed E-state index contributed by atoms with van der Waals surface area (Å²) in [5.74, 6) is -0.0801. The van der Waals surface area contributed by atoms with Crippen molar-refractivity contribution < 1.29 is 19.1 Å². The standard InChI is InChI=1S/C27H31N3O4/c1-17(18-7-3-2-4-8-18)28-22-9-5-6-10-24(22)34-20-11-12-21-19(15-20)16-30(27(21)33)23-13-14-25(31)29-26(23)32/h2-4,7-8,11-12,15,17,22-24,28H,5-6,9-10,13-14,16H2,1H3,(H,29,31,32)/t17-,22+,23?,24+/m1/s1. The van der Waals surface area contributed by atoms with E-state index in [1.165, 1.54) is 12.0 Å². The normalized spacial score (nSPS) is 25.6. The number of amides is 3. The molecule has 2 N–H and O–H groups in total. The molecule has 0 aromatic heterocycles. The van der Waals surface area contributed by atoms with Crippen molar-refractivity contribution in [3.05, 3.63) is 65.2 Å². The van der Waals surface area contributed by atoms with Gasteiger partial charge in [-0.1, -0.05) is 36.8 Å². The van der Waals surface area contributed by atoms with E-state index in [0.717, 1.165) is 30.6 Å². The fraction of sp³-hybridized carbons (Fsp3) is 0.444. The van der Waals surface area contributed by atoms with Crippen LogP contribution in [0.3, 0.4) is 0 Å². The first-order valence-corrected chi connectivity index (χ1v) is 12.2. The number of hydrogen-bond acceptors (Lipinski definition) is 5. The third-order valence-electron chi connectivity index (χ3n) is 7.25. The van der Waals surface area contributed by atoms with E-state index >= 15 is 0 Å². The van der Waals surface area contributed by atoms with Gasteiger partial charge < -0.3 is 15.0 Å². The minimum Gasteiger partial charge on any atom is -0.489 e. The highest BCUT2D eigenvalue weighted by Gasteiger charge is 2.39. The molecule has 0 spiro atoms. The minimum atomic E-state index is -0.603. The van der Waals surface area contributed by atoms with E-state index in [-0.39, 0.29) is 36.4 Å². The van der Waals surface area contributed by atoms with Gasteiger partial charge in [0, 0.05) is 30.6 Å². The molecule has 7 heteroatoms. The van der Waals surface area contributed by atoms with Gasteiger partial charge in [0.1, 0.15) is 17.9 Å². The quantitative estimate of drug-likeness (QED) is 0.643. The number of fused-ring (bicyclic) bond motifs is 1. The number of benzene rings is 2. The second-order valence-corrected chi connectivity index (χ2v) is 9.57. The molecule has 34 heavy (non-hydrogen) atoms. The number of carbonyl (C=O) groups excluding carboxylic acids is 3. The van der Waals surface area contributed by atoms with Crippen LogP contribution in [0.15, 0.2) is 48.5 Å². The lowest BCUT2D eigenvalue weighted by Crippen LogP contribution is -2.52. The number of nitrogens with one attached hydrogen (secondary N) is 2. The third kappa shape index (κ3) is 4.57. The van der Waals surface area contributed by atoms with Gasteiger partial charge in [-0.05, 0) is 61.9 Å². The number of piperidine rings is 1. The molecule has 5 rings (SSSR count). The van der Waals surface area contributed by atoms with Gasteiger partial charge in [-0.25, -0.2) is 0 Å². The van der Waals surface area contributed by atoms with Crippen molar-refractivity contribution in [2.24, 2.45) is 0 Å². The Morgan fingerprint density at radius 2 is 1.82 bits per heavy atom. The van der Waals surface area contributed by atoms with Crippen molar-refractivity contribution in [1.82, 2.24) is 15.5 Å². The molecule has 2 aliphatic heterocycles. The zero-order valence-electron chi connectivity index (χ0n) is 19.5. The van der Waals surface area contributed by atoms with E-state index in [1.807, 2.05) is 18.2 Å². The molecule has 0 radical (unpaired) electrons. The first-order chi connectivity index (χ1) is 16.5. The molecule has 3 amide bonds. The molecule has 3 aliphatic rings. The number of hydrogen-bond donors (Lipinski definition) is 2. The monoisotopic (exact) mass is 461 g/mol. The third-order valence-corrected chi connectivity index (χ3v) is 7.25. The van der Waals surface area contributed by atoms with Crippen LogP contribution in [0.25, 0.3) is 0 Å². The Hall–Kier alpha value is -3.19.